The second kappa shape index (κ2) is 7.09. The third-order valence-electron chi connectivity index (χ3n) is 3.73. The summed E-state index contributed by atoms with van der Waals surface area (Å²) in [5, 5.41) is 3.84. The van der Waals surface area contributed by atoms with Crippen molar-refractivity contribution in [1.29, 1.82) is 0 Å². The molecule has 0 unspecified atom stereocenters. The van der Waals surface area contributed by atoms with Crippen LogP contribution in [0.25, 0.3) is 11.0 Å². The number of ether oxygens (including phenoxy) is 1. The fraction of sp³-hybridized carbons (Fsp3) is 0.222. The molecule has 0 spiro atoms. The van der Waals surface area contributed by atoms with Gasteiger partial charge in [-0.15, -0.1) is 11.3 Å². The summed E-state index contributed by atoms with van der Waals surface area (Å²) in [5.41, 5.74) is 0.631. The first-order valence-electron chi connectivity index (χ1n) is 7.80. The molecule has 3 aromatic rings. The SMILES string of the molecule is CC(=O)Oc1ccc2c(C)c(CC(=O)Nc3ncc(C)s3)c(=O)oc2c1. The minimum Gasteiger partial charge on any atom is -0.427 e. The maximum atomic E-state index is 12.3. The van der Waals surface area contributed by atoms with E-state index in [-0.39, 0.29) is 23.6 Å². The van der Waals surface area contributed by atoms with Crippen LogP contribution in [-0.4, -0.2) is 16.9 Å². The fourth-order valence-corrected chi connectivity index (χ4v) is 3.23. The van der Waals surface area contributed by atoms with Crippen molar-refractivity contribution in [3.8, 4) is 5.75 Å². The molecule has 0 saturated carbocycles. The highest BCUT2D eigenvalue weighted by atomic mass is 32.1. The van der Waals surface area contributed by atoms with Gasteiger partial charge in [0.05, 0.1) is 12.0 Å². The number of carbonyl (C=O) groups excluding carboxylic acids is 2. The van der Waals surface area contributed by atoms with Crippen LogP contribution in [0.5, 0.6) is 5.75 Å². The van der Waals surface area contributed by atoms with Crippen molar-refractivity contribution in [1.82, 2.24) is 4.98 Å². The summed E-state index contributed by atoms with van der Waals surface area (Å²) in [6, 6.07) is 4.78. The summed E-state index contributed by atoms with van der Waals surface area (Å²) in [6.45, 7) is 4.93. The van der Waals surface area contributed by atoms with E-state index in [1.807, 2.05) is 6.92 Å². The molecule has 8 heteroatoms. The molecular formula is C18H16N2O5S. The van der Waals surface area contributed by atoms with Crippen molar-refractivity contribution >= 4 is 39.3 Å². The molecule has 0 fully saturated rings. The Morgan fingerprint density at radius 1 is 1.31 bits per heavy atom. The van der Waals surface area contributed by atoms with Crippen LogP contribution in [0.4, 0.5) is 5.13 Å². The molecule has 0 aliphatic heterocycles. The predicted octanol–water partition coefficient (Wildman–Crippen LogP) is 2.97. The normalized spacial score (nSPS) is 10.7. The largest absolute Gasteiger partial charge is 0.427 e. The van der Waals surface area contributed by atoms with E-state index >= 15 is 0 Å². The Labute approximate surface area is 152 Å². The molecule has 2 aromatic heterocycles. The number of esters is 1. The summed E-state index contributed by atoms with van der Waals surface area (Å²) in [7, 11) is 0. The summed E-state index contributed by atoms with van der Waals surface area (Å²) in [4.78, 5) is 40.6. The molecule has 0 radical (unpaired) electrons. The Bertz CT molecular complexity index is 1070. The smallest absolute Gasteiger partial charge is 0.340 e. The van der Waals surface area contributed by atoms with E-state index < -0.39 is 11.6 Å². The van der Waals surface area contributed by atoms with E-state index in [4.69, 9.17) is 9.15 Å². The highest BCUT2D eigenvalue weighted by molar-refractivity contribution is 7.15. The predicted molar refractivity (Wildman–Crippen MR) is 97.7 cm³/mol. The summed E-state index contributed by atoms with van der Waals surface area (Å²) >= 11 is 1.36. The van der Waals surface area contributed by atoms with E-state index in [1.54, 1.807) is 25.3 Å². The topological polar surface area (TPSA) is 98.5 Å². The molecular weight excluding hydrogens is 356 g/mol. The lowest BCUT2D eigenvalue weighted by molar-refractivity contribution is -0.131. The van der Waals surface area contributed by atoms with Gasteiger partial charge < -0.3 is 14.5 Å². The molecule has 26 heavy (non-hydrogen) atoms. The molecule has 0 bridgehead atoms. The quantitative estimate of drug-likeness (QED) is 0.429. The van der Waals surface area contributed by atoms with Crippen molar-refractivity contribution in [2.45, 2.75) is 27.2 Å². The van der Waals surface area contributed by atoms with Gasteiger partial charge in [0.1, 0.15) is 11.3 Å². The number of aryl methyl sites for hydroxylation is 2. The summed E-state index contributed by atoms with van der Waals surface area (Å²) in [6.07, 6.45) is 1.55. The van der Waals surface area contributed by atoms with Crippen LogP contribution < -0.4 is 15.7 Å². The minimum absolute atomic E-state index is 0.117. The number of fused-ring (bicyclic) bond motifs is 1. The molecule has 7 nitrogen and oxygen atoms in total. The van der Waals surface area contributed by atoms with Gasteiger partial charge in [-0.3, -0.25) is 9.59 Å². The maximum Gasteiger partial charge on any atom is 0.340 e. The number of nitrogens with one attached hydrogen (secondary N) is 1. The zero-order chi connectivity index (χ0) is 18.8. The van der Waals surface area contributed by atoms with Crippen LogP contribution in [0, 0.1) is 13.8 Å². The number of aromatic nitrogens is 1. The van der Waals surface area contributed by atoms with Gasteiger partial charge in [0.2, 0.25) is 5.91 Å². The van der Waals surface area contributed by atoms with Crippen molar-refractivity contribution in [3.63, 3.8) is 0 Å². The monoisotopic (exact) mass is 372 g/mol. The Morgan fingerprint density at radius 2 is 2.08 bits per heavy atom. The lowest BCUT2D eigenvalue weighted by Crippen LogP contribution is -2.20. The molecule has 1 aromatic carbocycles. The molecule has 0 saturated heterocycles. The van der Waals surface area contributed by atoms with E-state index in [1.165, 1.54) is 24.3 Å². The number of carbonyl (C=O) groups is 2. The van der Waals surface area contributed by atoms with E-state index in [9.17, 15) is 14.4 Å². The number of amides is 1. The van der Waals surface area contributed by atoms with Gasteiger partial charge in [0, 0.05) is 29.5 Å². The molecule has 2 heterocycles. The molecule has 0 aliphatic carbocycles. The minimum atomic E-state index is -0.597. The third kappa shape index (κ3) is 3.80. The number of rotatable bonds is 4. The van der Waals surface area contributed by atoms with Crippen LogP contribution in [0.3, 0.4) is 0 Å². The first kappa shape index (κ1) is 17.8. The van der Waals surface area contributed by atoms with Crippen LogP contribution in [-0.2, 0) is 16.0 Å². The van der Waals surface area contributed by atoms with Crippen LogP contribution in [0.2, 0.25) is 0 Å². The number of anilines is 1. The second-order valence-electron chi connectivity index (χ2n) is 5.75. The number of hydrogen-bond acceptors (Lipinski definition) is 7. The second-order valence-corrected chi connectivity index (χ2v) is 6.98. The van der Waals surface area contributed by atoms with Crippen LogP contribution >= 0.6 is 11.3 Å². The van der Waals surface area contributed by atoms with Crippen LogP contribution in [0.15, 0.2) is 33.6 Å². The Hall–Kier alpha value is -3.00. The zero-order valence-electron chi connectivity index (χ0n) is 14.4. The number of thiazole rings is 1. The number of nitrogens with zero attached hydrogens (tertiary/aromatic N) is 1. The zero-order valence-corrected chi connectivity index (χ0v) is 15.2. The highest BCUT2D eigenvalue weighted by Crippen LogP contribution is 2.25. The van der Waals surface area contributed by atoms with Gasteiger partial charge in [0.25, 0.3) is 0 Å². The van der Waals surface area contributed by atoms with Crippen LogP contribution in [0.1, 0.15) is 22.9 Å². The van der Waals surface area contributed by atoms with Gasteiger partial charge in [-0.1, -0.05) is 0 Å². The Kier molecular flexibility index (Phi) is 4.85. The summed E-state index contributed by atoms with van der Waals surface area (Å²) in [5.74, 6) is -0.517. The Balaban J connectivity index is 1.90. The van der Waals surface area contributed by atoms with E-state index in [0.29, 0.717) is 21.7 Å². The van der Waals surface area contributed by atoms with Crippen molar-refractivity contribution in [2.75, 3.05) is 5.32 Å². The molecule has 3 rings (SSSR count). The van der Waals surface area contributed by atoms with Gasteiger partial charge in [-0.25, -0.2) is 9.78 Å². The summed E-state index contributed by atoms with van der Waals surface area (Å²) < 4.78 is 10.3. The van der Waals surface area contributed by atoms with E-state index in [0.717, 1.165) is 4.88 Å². The lowest BCUT2D eigenvalue weighted by atomic mass is 10.0. The first-order valence-corrected chi connectivity index (χ1v) is 8.62. The van der Waals surface area contributed by atoms with Gasteiger partial charge in [-0.05, 0) is 31.5 Å². The van der Waals surface area contributed by atoms with E-state index in [2.05, 4.69) is 10.3 Å². The standard InChI is InChI=1S/C18H16N2O5S/c1-9-8-19-18(26-9)20-16(22)7-14-10(2)13-5-4-12(24-11(3)21)6-15(13)25-17(14)23/h4-6,8H,7H2,1-3H3,(H,19,20,22). The van der Waals surface area contributed by atoms with Crippen molar-refractivity contribution in [2.24, 2.45) is 0 Å². The molecule has 134 valence electrons. The number of hydrogen-bond donors (Lipinski definition) is 1. The van der Waals surface area contributed by atoms with Gasteiger partial charge in [0.15, 0.2) is 5.13 Å². The molecule has 1 amide bonds. The van der Waals surface area contributed by atoms with Crippen molar-refractivity contribution < 1.29 is 18.7 Å². The molecule has 0 aliphatic rings. The third-order valence-corrected chi connectivity index (χ3v) is 4.55. The molecule has 0 atom stereocenters. The van der Waals surface area contributed by atoms with Crippen molar-refractivity contribution in [3.05, 3.63) is 50.8 Å². The average molecular weight is 372 g/mol. The first-order chi connectivity index (χ1) is 12.3. The maximum absolute atomic E-state index is 12.3. The molecule has 1 N–H and O–H groups in total. The van der Waals surface area contributed by atoms with Gasteiger partial charge >= 0.3 is 11.6 Å². The van der Waals surface area contributed by atoms with Gasteiger partial charge in [-0.2, -0.15) is 0 Å². The lowest BCUT2D eigenvalue weighted by Gasteiger charge is -2.09. The number of benzene rings is 1. The average Bonchev–Trinajstić information content (AvgIpc) is 2.95. The fourth-order valence-electron chi connectivity index (χ4n) is 2.54. The highest BCUT2D eigenvalue weighted by Gasteiger charge is 2.16. The Morgan fingerprint density at radius 3 is 2.73 bits per heavy atom.